The number of nitrogens with zero attached hydrogens (tertiary/aromatic N) is 1. The molecule has 0 atom stereocenters. The first kappa shape index (κ1) is 9.92. The average Bonchev–Trinajstić information content (AvgIpc) is 2.74. The molecule has 0 aliphatic rings. The van der Waals surface area contributed by atoms with Crippen LogP contribution in [0.15, 0.2) is 53.2 Å². The Balaban J connectivity index is 2.24. The molecule has 2 aromatic carbocycles. The second-order valence-corrected chi connectivity index (χ2v) is 4.75. The largest absolute Gasteiger partial charge is 0.454 e. The van der Waals surface area contributed by atoms with E-state index in [2.05, 4.69) is 11.1 Å². The Labute approximate surface area is 108 Å². The standard InChI is InChI=1S/C15H8ClNO/c16-11-2-1-9-7-14-13(6-10(9)5-11)12-3-4-17-8-15(12)18-14/h1-8H. The van der Waals surface area contributed by atoms with Gasteiger partial charge in [0.15, 0.2) is 5.58 Å². The Morgan fingerprint density at radius 3 is 2.78 bits per heavy atom. The van der Waals surface area contributed by atoms with E-state index >= 15 is 0 Å². The van der Waals surface area contributed by atoms with Gasteiger partial charge in [0, 0.05) is 22.0 Å². The molecular formula is C15H8ClNO. The lowest BCUT2D eigenvalue weighted by Gasteiger charge is -1.98. The van der Waals surface area contributed by atoms with Crippen LogP contribution in [-0.2, 0) is 0 Å². The molecule has 0 amide bonds. The number of aromatic nitrogens is 1. The first-order valence-electron chi connectivity index (χ1n) is 5.67. The normalized spacial score (nSPS) is 11.6. The van der Waals surface area contributed by atoms with Crippen molar-refractivity contribution in [3.63, 3.8) is 0 Å². The van der Waals surface area contributed by atoms with Crippen LogP contribution in [0.4, 0.5) is 0 Å². The lowest BCUT2D eigenvalue weighted by Crippen LogP contribution is -1.73. The van der Waals surface area contributed by atoms with E-state index in [1.807, 2.05) is 30.3 Å². The van der Waals surface area contributed by atoms with Crippen molar-refractivity contribution < 1.29 is 4.42 Å². The van der Waals surface area contributed by atoms with E-state index in [0.717, 1.165) is 37.7 Å². The summed E-state index contributed by atoms with van der Waals surface area (Å²) in [5.41, 5.74) is 1.70. The maximum atomic E-state index is 6.03. The van der Waals surface area contributed by atoms with Crippen LogP contribution in [-0.4, -0.2) is 4.98 Å². The van der Waals surface area contributed by atoms with Crippen LogP contribution in [0.3, 0.4) is 0 Å². The van der Waals surface area contributed by atoms with Crippen molar-refractivity contribution in [2.24, 2.45) is 0 Å². The van der Waals surface area contributed by atoms with E-state index in [0.29, 0.717) is 0 Å². The topological polar surface area (TPSA) is 26.0 Å². The zero-order chi connectivity index (χ0) is 12.1. The summed E-state index contributed by atoms with van der Waals surface area (Å²) in [7, 11) is 0. The molecule has 0 aliphatic carbocycles. The number of fused-ring (bicyclic) bond motifs is 4. The third-order valence-corrected chi connectivity index (χ3v) is 3.43. The van der Waals surface area contributed by atoms with Crippen molar-refractivity contribution in [3.05, 3.63) is 53.8 Å². The van der Waals surface area contributed by atoms with Gasteiger partial charge in [-0.25, -0.2) is 0 Å². The molecule has 0 unspecified atom stereocenters. The third kappa shape index (κ3) is 1.33. The highest BCUT2D eigenvalue weighted by molar-refractivity contribution is 6.31. The fourth-order valence-corrected chi connectivity index (χ4v) is 2.53. The van der Waals surface area contributed by atoms with E-state index < -0.39 is 0 Å². The maximum absolute atomic E-state index is 6.03. The van der Waals surface area contributed by atoms with E-state index in [1.54, 1.807) is 12.4 Å². The molecular weight excluding hydrogens is 246 g/mol. The fourth-order valence-electron chi connectivity index (χ4n) is 2.34. The molecule has 0 N–H and O–H groups in total. The van der Waals surface area contributed by atoms with Gasteiger partial charge in [-0.1, -0.05) is 17.7 Å². The van der Waals surface area contributed by atoms with Crippen molar-refractivity contribution in [2.45, 2.75) is 0 Å². The molecule has 0 saturated carbocycles. The summed E-state index contributed by atoms with van der Waals surface area (Å²) in [6.07, 6.45) is 3.52. The Morgan fingerprint density at radius 1 is 0.889 bits per heavy atom. The zero-order valence-corrected chi connectivity index (χ0v) is 10.1. The van der Waals surface area contributed by atoms with E-state index in [-0.39, 0.29) is 0 Å². The summed E-state index contributed by atoms with van der Waals surface area (Å²) >= 11 is 6.03. The van der Waals surface area contributed by atoms with Crippen LogP contribution in [0, 0.1) is 0 Å². The molecule has 86 valence electrons. The van der Waals surface area contributed by atoms with Crippen LogP contribution in [0.25, 0.3) is 32.7 Å². The van der Waals surface area contributed by atoms with Gasteiger partial charge in [-0.3, -0.25) is 4.98 Å². The van der Waals surface area contributed by atoms with Gasteiger partial charge in [0.2, 0.25) is 0 Å². The fraction of sp³-hybridized carbons (Fsp3) is 0. The monoisotopic (exact) mass is 253 g/mol. The molecule has 0 radical (unpaired) electrons. The minimum absolute atomic E-state index is 0.747. The summed E-state index contributed by atoms with van der Waals surface area (Å²) in [5, 5.41) is 5.17. The van der Waals surface area contributed by atoms with Gasteiger partial charge < -0.3 is 4.42 Å². The molecule has 3 heteroatoms. The SMILES string of the molecule is Clc1ccc2cc3oc4cnccc4c3cc2c1. The highest BCUT2D eigenvalue weighted by Gasteiger charge is 2.08. The van der Waals surface area contributed by atoms with Crippen molar-refractivity contribution in [2.75, 3.05) is 0 Å². The summed E-state index contributed by atoms with van der Waals surface area (Å²) in [6.45, 7) is 0. The summed E-state index contributed by atoms with van der Waals surface area (Å²) < 4.78 is 5.80. The van der Waals surface area contributed by atoms with Crippen LogP contribution in [0.1, 0.15) is 0 Å². The molecule has 0 fully saturated rings. The Morgan fingerprint density at radius 2 is 1.83 bits per heavy atom. The van der Waals surface area contributed by atoms with Gasteiger partial charge in [0.25, 0.3) is 0 Å². The lowest BCUT2D eigenvalue weighted by atomic mass is 10.1. The molecule has 2 nitrogen and oxygen atoms in total. The molecule has 0 spiro atoms. The van der Waals surface area contributed by atoms with Gasteiger partial charge in [-0.15, -0.1) is 0 Å². The first-order chi connectivity index (χ1) is 8.81. The van der Waals surface area contributed by atoms with E-state index in [9.17, 15) is 0 Å². The molecule has 2 heterocycles. The zero-order valence-electron chi connectivity index (χ0n) is 9.35. The second kappa shape index (κ2) is 3.47. The molecule has 0 aliphatic heterocycles. The number of hydrogen-bond donors (Lipinski definition) is 0. The van der Waals surface area contributed by atoms with Gasteiger partial charge in [-0.2, -0.15) is 0 Å². The molecule has 18 heavy (non-hydrogen) atoms. The van der Waals surface area contributed by atoms with Crippen molar-refractivity contribution in [3.8, 4) is 0 Å². The van der Waals surface area contributed by atoms with Crippen molar-refractivity contribution in [1.29, 1.82) is 0 Å². The predicted octanol–water partition coefficient (Wildman–Crippen LogP) is 4.79. The third-order valence-electron chi connectivity index (χ3n) is 3.20. The van der Waals surface area contributed by atoms with Crippen LogP contribution < -0.4 is 0 Å². The van der Waals surface area contributed by atoms with Gasteiger partial charge in [-0.05, 0) is 41.1 Å². The van der Waals surface area contributed by atoms with Gasteiger partial charge >= 0.3 is 0 Å². The number of pyridine rings is 1. The Hall–Kier alpha value is -2.06. The number of benzene rings is 2. The summed E-state index contributed by atoms with van der Waals surface area (Å²) in [5.74, 6) is 0. The van der Waals surface area contributed by atoms with E-state index in [4.69, 9.17) is 16.0 Å². The summed E-state index contributed by atoms with van der Waals surface area (Å²) in [4.78, 5) is 4.08. The van der Waals surface area contributed by atoms with Crippen LogP contribution in [0.2, 0.25) is 5.02 Å². The number of halogens is 1. The average molecular weight is 254 g/mol. The van der Waals surface area contributed by atoms with Crippen molar-refractivity contribution in [1.82, 2.24) is 4.98 Å². The molecule has 4 rings (SSSR count). The number of hydrogen-bond acceptors (Lipinski definition) is 2. The minimum Gasteiger partial charge on any atom is -0.454 e. The van der Waals surface area contributed by atoms with E-state index in [1.165, 1.54) is 0 Å². The molecule has 4 aromatic rings. The lowest BCUT2D eigenvalue weighted by molar-refractivity contribution is 0.667. The molecule has 0 bridgehead atoms. The molecule has 0 saturated heterocycles. The van der Waals surface area contributed by atoms with Crippen LogP contribution >= 0.6 is 11.6 Å². The second-order valence-electron chi connectivity index (χ2n) is 4.31. The predicted molar refractivity (Wildman–Crippen MR) is 74.0 cm³/mol. The highest BCUT2D eigenvalue weighted by Crippen LogP contribution is 2.32. The van der Waals surface area contributed by atoms with Crippen LogP contribution in [0.5, 0.6) is 0 Å². The minimum atomic E-state index is 0.747. The first-order valence-corrected chi connectivity index (χ1v) is 6.05. The number of furan rings is 1. The van der Waals surface area contributed by atoms with Gasteiger partial charge in [0.1, 0.15) is 5.58 Å². The quantitative estimate of drug-likeness (QED) is 0.450. The number of rotatable bonds is 0. The van der Waals surface area contributed by atoms with Crippen molar-refractivity contribution >= 4 is 44.3 Å². The smallest absolute Gasteiger partial charge is 0.153 e. The van der Waals surface area contributed by atoms with Gasteiger partial charge in [0.05, 0.1) is 6.20 Å². The summed E-state index contributed by atoms with van der Waals surface area (Å²) in [6, 6.07) is 12.0. The molecule has 2 aromatic heterocycles. The highest BCUT2D eigenvalue weighted by atomic mass is 35.5. The maximum Gasteiger partial charge on any atom is 0.153 e. The Bertz CT molecular complexity index is 895. The Kier molecular flexibility index (Phi) is 1.91.